The quantitative estimate of drug-likeness (QED) is 0.0345. The van der Waals surface area contributed by atoms with Gasteiger partial charge in [-0.2, -0.15) is 0 Å². The molecule has 0 aromatic rings. The highest BCUT2D eigenvalue weighted by Gasteiger charge is 2.22. The molecule has 0 aromatic heterocycles. The lowest BCUT2D eigenvalue weighted by atomic mass is 10.1. The second-order valence-corrected chi connectivity index (χ2v) is 12.4. The fourth-order valence-corrected chi connectivity index (χ4v) is 4.80. The number of ether oxygens (including phenoxy) is 2. The predicted octanol–water partition coefficient (Wildman–Crippen LogP) is 9.62. The van der Waals surface area contributed by atoms with Crippen LogP contribution >= 0.6 is 7.82 Å². The molecule has 0 heterocycles. The smallest absolute Gasteiger partial charge is 0.462 e. The summed E-state index contributed by atoms with van der Waals surface area (Å²) in [7, 11) is -4.75. The standard InChI is InChI=1S/C35H61O8P/c1-3-5-7-9-11-13-15-16-17-18-20-21-23-25-27-29-34(36)41-31-33(32-42-44(38,39)40)43-35(37)30-28-26-24-22-19-14-12-10-8-6-4-2/h5,7,9,11,13,15-17,33H,3-4,6,8,10,12,14,18-32H2,1-2H3,(H2,38,39,40)/b7-5+,11-9+,15-13+,17-16+/t33-/m1/s1. The van der Waals surface area contributed by atoms with Crippen molar-refractivity contribution in [1.82, 2.24) is 0 Å². The van der Waals surface area contributed by atoms with Crippen molar-refractivity contribution in [3.8, 4) is 0 Å². The molecule has 9 heteroatoms. The Hall–Kier alpha value is -1.99. The van der Waals surface area contributed by atoms with E-state index >= 15 is 0 Å². The lowest BCUT2D eigenvalue weighted by molar-refractivity contribution is -0.161. The molecule has 0 saturated heterocycles. The monoisotopic (exact) mass is 640 g/mol. The van der Waals surface area contributed by atoms with Gasteiger partial charge in [-0.3, -0.25) is 14.1 Å². The van der Waals surface area contributed by atoms with E-state index in [2.05, 4.69) is 36.6 Å². The molecule has 44 heavy (non-hydrogen) atoms. The second-order valence-electron chi connectivity index (χ2n) is 11.2. The summed E-state index contributed by atoms with van der Waals surface area (Å²) in [6.45, 7) is 3.49. The molecule has 254 valence electrons. The van der Waals surface area contributed by atoms with Crippen LogP contribution in [0.3, 0.4) is 0 Å². The van der Waals surface area contributed by atoms with Crippen molar-refractivity contribution in [3.05, 3.63) is 48.6 Å². The van der Waals surface area contributed by atoms with Gasteiger partial charge in [-0.05, 0) is 32.1 Å². The Morgan fingerprint density at radius 1 is 0.614 bits per heavy atom. The van der Waals surface area contributed by atoms with Gasteiger partial charge in [0.05, 0.1) is 6.61 Å². The molecule has 0 bridgehead atoms. The molecule has 0 spiro atoms. The minimum absolute atomic E-state index is 0.206. The summed E-state index contributed by atoms with van der Waals surface area (Å²) >= 11 is 0. The van der Waals surface area contributed by atoms with Gasteiger partial charge in [0, 0.05) is 12.8 Å². The number of carbonyl (C=O) groups is 2. The summed E-state index contributed by atoms with van der Waals surface area (Å²) < 4.78 is 26.2. The molecule has 0 fully saturated rings. The molecule has 0 aliphatic carbocycles. The summed E-state index contributed by atoms with van der Waals surface area (Å²) in [4.78, 5) is 42.5. The SMILES string of the molecule is CC/C=C/C=C/C=C/C=C/CCCCCCCC(=O)OC[C@H](COP(=O)(O)O)OC(=O)CCCCCCCCCCCCC. The molecular weight excluding hydrogens is 579 g/mol. The first kappa shape index (κ1) is 42.0. The van der Waals surface area contributed by atoms with Crippen molar-refractivity contribution < 1.29 is 37.9 Å². The van der Waals surface area contributed by atoms with Crippen molar-refractivity contribution in [2.45, 2.75) is 148 Å². The summed E-state index contributed by atoms with van der Waals surface area (Å²) in [5, 5.41) is 0. The van der Waals surface area contributed by atoms with Crippen LogP contribution in [0, 0.1) is 0 Å². The summed E-state index contributed by atoms with van der Waals surface area (Å²) in [5.41, 5.74) is 0. The fourth-order valence-electron chi connectivity index (χ4n) is 4.44. The largest absolute Gasteiger partial charge is 0.469 e. The van der Waals surface area contributed by atoms with Gasteiger partial charge in [-0.1, -0.05) is 146 Å². The van der Waals surface area contributed by atoms with E-state index in [0.29, 0.717) is 12.8 Å². The normalized spacial score (nSPS) is 13.1. The Kier molecular flexibility index (Phi) is 29.6. The van der Waals surface area contributed by atoms with Gasteiger partial charge in [-0.15, -0.1) is 0 Å². The van der Waals surface area contributed by atoms with Gasteiger partial charge in [0.25, 0.3) is 0 Å². The molecule has 0 unspecified atom stereocenters. The number of allylic oxidation sites excluding steroid dienone is 8. The number of rotatable bonds is 30. The van der Waals surface area contributed by atoms with Crippen molar-refractivity contribution >= 4 is 19.8 Å². The lowest BCUT2D eigenvalue weighted by Gasteiger charge is -2.18. The van der Waals surface area contributed by atoms with E-state index in [9.17, 15) is 14.2 Å². The molecular formula is C35H61O8P. The van der Waals surface area contributed by atoms with Crippen molar-refractivity contribution in [1.29, 1.82) is 0 Å². The van der Waals surface area contributed by atoms with E-state index in [-0.39, 0.29) is 19.4 Å². The number of hydrogen-bond donors (Lipinski definition) is 2. The summed E-state index contributed by atoms with van der Waals surface area (Å²) in [6.07, 6.45) is 35.5. The minimum Gasteiger partial charge on any atom is -0.462 e. The Labute approximate surface area is 267 Å². The number of phosphoric acid groups is 1. The second kappa shape index (κ2) is 31.0. The van der Waals surface area contributed by atoms with E-state index < -0.39 is 32.5 Å². The van der Waals surface area contributed by atoms with Crippen LogP contribution in [-0.2, 0) is 28.2 Å². The molecule has 2 N–H and O–H groups in total. The average Bonchev–Trinajstić information content (AvgIpc) is 2.98. The Balaban J connectivity index is 4.06. The molecule has 0 aromatic carbocycles. The van der Waals surface area contributed by atoms with Crippen LogP contribution in [0.2, 0.25) is 0 Å². The number of esters is 2. The molecule has 0 rings (SSSR count). The highest BCUT2D eigenvalue weighted by Crippen LogP contribution is 2.35. The first-order valence-corrected chi connectivity index (χ1v) is 18.5. The maximum Gasteiger partial charge on any atom is 0.469 e. The Morgan fingerprint density at radius 3 is 1.64 bits per heavy atom. The molecule has 8 nitrogen and oxygen atoms in total. The highest BCUT2D eigenvalue weighted by atomic mass is 31.2. The van der Waals surface area contributed by atoms with Crippen LogP contribution in [0.15, 0.2) is 48.6 Å². The van der Waals surface area contributed by atoms with Crippen molar-refractivity contribution in [2.75, 3.05) is 13.2 Å². The van der Waals surface area contributed by atoms with Gasteiger partial charge >= 0.3 is 19.8 Å². The van der Waals surface area contributed by atoms with Crippen molar-refractivity contribution in [2.24, 2.45) is 0 Å². The van der Waals surface area contributed by atoms with Crippen LogP contribution in [0.4, 0.5) is 0 Å². The zero-order valence-electron chi connectivity index (χ0n) is 27.5. The molecule has 0 aliphatic heterocycles. The van der Waals surface area contributed by atoms with Gasteiger partial charge in [-0.25, -0.2) is 4.57 Å². The summed E-state index contributed by atoms with van der Waals surface area (Å²) in [6, 6.07) is 0. The van der Waals surface area contributed by atoms with Crippen LogP contribution < -0.4 is 0 Å². The van der Waals surface area contributed by atoms with Gasteiger partial charge in [0.2, 0.25) is 0 Å². The predicted molar refractivity (Wildman–Crippen MR) is 179 cm³/mol. The fraction of sp³-hybridized carbons (Fsp3) is 0.714. The zero-order chi connectivity index (χ0) is 32.6. The zero-order valence-corrected chi connectivity index (χ0v) is 28.4. The van der Waals surface area contributed by atoms with Gasteiger partial charge < -0.3 is 19.3 Å². The lowest BCUT2D eigenvalue weighted by Crippen LogP contribution is -2.29. The van der Waals surface area contributed by atoms with E-state index in [1.54, 1.807) is 0 Å². The Morgan fingerprint density at radius 2 is 1.09 bits per heavy atom. The maximum atomic E-state index is 12.3. The summed E-state index contributed by atoms with van der Waals surface area (Å²) in [5.74, 6) is -0.916. The van der Waals surface area contributed by atoms with E-state index in [1.807, 2.05) is 30.4 Å². The number of carbonyl (C=O) groups excluding carboxylic acids is 2. The number of phosphoric ester groups is 1. The molecule has 0 radical (unpaired) electrons. The van der Waals surface area contributed by atoms with Crippen molar-refractivity contribution in [3.63, 3.8) is 0 Å². The number of hydrogen-bond acceptors (Lipinski definition) is 6. The van der Waals surface area contributed by atoms with E-state index in [1.165, 1.54) is 44.9 Å². The highest BCUT2D eigenvalue weighted by molar-refractivity contribution is 7.46. The van der Waals surface area contributed by atoms with Gasteiger partial charge in [0.15, 0.2) is 6.10 Å². The Bertz CT molecular complexity index is 859. The molecule has 0 amide bonds. The van der Waals surface area contributed by atoms with E-state index in [0.717, 1.165) is 57.8 Å². The third kappa shape index (κ3) is 32.9. The first-order chi connectivity index (χ1) is 21.3. The maximum absolute atomic E-state index is 12.3. The van der Waals surface area contributed by atoms with Crippen LogP contribution in [0.25, 0.3) is 0 Å². The average molecular weight is 641 g/mol. The van der Waals surface area contributed by atoms with Gasteiger partial charge in [0.1, 0.15) is 6.61 Å². The van der Waals surface area contributed by atoms with Crippen LogP contribution in [-0.4, -0.2) is 41.0 Å². The number of unbranched alkanes of at least 4 members (excludes halogenated alkanes) is 15. The van der Waals surface area contributed by atoms with Crippen LogP contribution in [0.5, 0.6) is 0 Å². The topological polar surface area (TPSA) is 119 Å². The minimum atomic E-state index is -4.75. The molecule has 0 saturated carbocycles. The first-order valence-electron chi connectivity index (χ1n) is 17.0. The molecule has 0 aliphatic rings. The van der Waals surface area contributed by atoms with Crippen LogP contribution in [0.1, 0.15) is 142 Å². The third-order valence-corrected chi connectivity index (χ3v) is 7.44. The van der Waals surface area contributed by atoms with E-state index in [4.69, 9.17) is 19.3 Å². The third-order valence-electron chi connectivity index (χ3n) is 6.96. The molecule has 1 atom stereocenters.